The molecule has 3 N–H and O–H groups in total. The van der Waals surface area contributed by atoms with Crippen LogP contribution in [0.1, 0.15) is 44.6 Å². The number of phenols is 1. The van der Waals surface area contributed by atoms with Gasteiger partial charge in [-0.05, 0) is 61.8 Å². The van der Waals surface area contributed by atoms with Gasteiger partial charge in [-0.25, -0.2) is 0 Å². The molecular weight excluding hydrogens is 304 g/mol. The average molecular weight is 328 g/mol. The molecule has 24 heavy (non-hydrogen) atoms. The van der Waals surface area contributed by atoms with Crippen LogP contribution in [-0.4, -0.2) is 21.3 Å². The van der Waals surface area contributed by atoms with Crippen molar-refractivity contribution >= 4 is 5.97 Å². The number of carboxylic acids is 1. The van der Waals surface area contributed by atoms with Crippen LogP contribution in [0.5, 0.6) is 5.75 Å². The first kappa shape index (κ1) is 16.6. The summed E-state index contributed by atoms with van der Waals surface area (Å²) in [6.07, 6.45) is 7.89. The minimum atomic E-state index is -0.987. The minimum absolute atomic E-state index is 0.0729. The van der Waals surface area contributed by atoms with Gasteiger partial charge in [-0.2, -0.15) is 0 Å². The molecule has 0 bridgehead atoms. The highest BCUT2D eigenvalue weighted by molar-refractivity contribution is 5.74. The third kappa shape index (κ3) is 2.93. The lowest BCUT2D eigenvalue weighted by Gasteiger charge is -2.43. The molecule has 0 heterocycles. The number of allylic oxidation sites excluding steroid dienone is 3. The molecule has 2 aliphatic carbocycles. The van der Waals surface area contributed by atoms with Crippen LogP contribution in [0.15, 0.2) is 47.7 Å². The SMILES string of the molecule is CC1CCC(C2=CC=C(O)C(C(=O)O)C2)(c2ccc(O)cc2)CC1. The van der Waals surface area contributed by atoms with Gasteiger partial charge in [0.1, 0.15) is 17.4 Å². The topological polar surface area (TPSA) is 77.8 Å². The Morgan fingerprint density at radius 2 is 1.71 bits per heavy atom. The summed E-state index contributed by atoms with van der Waals surface area (Å²) < 4.78 is 0. The molecule has 0 aromatic heterocycles. The van der Waals surface area contributed by atoms with Crippen molar-refractivity contribution in [2.75, 3.05) is 0 Å². The summed E-state index contributed by atoms with van der Waals surface area (Å²) >= 11 is 0. The van der Waals surface area contributed by atoms with Crippen molar-refractivity contribution in [3.63, 3.8) is 0 Å². The lowest BCUT2D eigenvalue weighted by molar-refractivity contribution is -0.141. The Balaban J connectivity index is 2.03. The summed E-state index contributed by atoms with van der Waals surface area (Å²) in [5, 5.41) is 28.9. The summed E-state index contributed by atoms with van der Waals surface area (Å²) in [4.78, 5) is 11.5. The lowest BCUT2D eigenvalue weighted by Crippen LogP contribution is -2.36. The molecule has 1 atom stereocenters. The Morgan fingerprint density at radius 1 is 1.08 bits per heavy atom. The molecule has 1 unspecified atom stereocenters. The first-order valence-electron chi connectivity index (χ1n) is 8.55. The number of aliphatic hydroxyl groups excluding tert-OH is 1. The molecule has 0 aliphatic heterocycles. The highest BCUT2D eigenvalue weighted by Crippen LogP contribution is 2.49. The number of aromatic hydroxyl groups is 1. The van der Waals surface area contributed by atoms with Crippen molar-refractivity contribution in [2.24, 2.45) is 11.8 Å². The number of hydrogen-bond donors (Lipinski definition) is 3. The number of aliphatic hydroxyl groups is 1. The fourth-order valence-electron chi connectivity index (χ4n) is 4.09. The monoisotopic (exact) mass is 328 g/mol. The van der Waals surface area contributed by atoms with E-state index < -0.39 is 11.9 Å². The summed E-state index contributed by atoms with van der Waals surface area (Å²) in [6.45, 7) is 2.25. The number of rotatable bonds is 3. The van der Waals surface area contributed by atoms with E-state index in [1.54, 1.807) is 12.1 Å². The molecule has 1 aromatic rings. The Morgan fingerprint density at radius 3 is 2.29 bits per heavy atom. The lowest BCUT2D eigenvalue weighted by atomic mass is 9.61. The molecular formula is C20H24O4. The van der Waals surface area contributed by atoms with Gasteiger partial charge in [-0.3, -0.25) is 4.79 Å². The Bertz CT molecular complexity index is 676. The van der Waals surface area contributed by atoms with Crippen LogP contribution in [0.3, 0.4) is 0 Å². The van der Waals surface area contributed by atoms with Crippen LogP contribution in [0.2, 0.25) is 0 Å². The van der Waals surface area contributed by atoms with Gasteiger partial charge >= 0.3 is 5.97 Å². The standard InChI is InChI=1S/C20H24O4/c1-13-8-10-20(11-9-13,14-2-5-16(21)6-3-14)15-4-7-18(22)17(12-15)19(23)24/h2-7,13,17,21-22H,8-12H2,1H3,(H,23,24). The van der Waals surface area contributed by atoms with Crippen molar-refractivity contribution in [1.82, 2.24) is 0 Å². The first-order chi connectivity index (χ1) is 11.4. The van der Waals surface area contributed by atoms with Crippen LogP contribution in [0.4, 0.5) is 0 Å². The van der Waals surface area contributed by atoms with Crippen LogP contribution < -0.4 is 0 Å². The molecule has 3 rings (SSSR count). The van der Waals surface area contributed by atoms with E-state index in [-0.39, 0.29) is 16.9 Å². The number of benzene rings is 1. The Labute approximate surface area is 142 Å². The predicted molar refractivity (Wildman–Crippen MR) is 92.0 cm³/mol. The first-order valence-corrected chi connectivity index (χ1v) is 8.55. The highest BCUT2D eigenvalue weighted by Gasteiger charge is 2.41. The molecule has 4 nitrogen and oxygen atoms in total. The second-order valence-corrected chi connectivity index (χ2v) is 7.19. The van der Waals surface area contributed by atoms with Crippen molar-refractivity contribution in [3.8, 4) is 5.75 Å². The van der Waals surface area contributed by atoms with E-state index in [2.05, 4.69) is 6.92 Å². The molecule has 1 fully saturated rings. The van der Waals surface area contributed by atoms with E-state index in [1.807, 2.05) is 18.2 Å². The Hall–Kier alpha value is -2.23. The van der Waals surface area contributed by atoms with Gasteiger partial charge in [0.15, 0.2) is 0 Å². The van der Waals surface area contributed by atoms with Crippen LogP contribution in [0, 0.1) is 11.8 Å². The van der Waals surface area contributed by atoms with E-state index in [1.165, 1.54) is 6.08 Å². The number of carboxylic acid groups (broad SMARTS) is 1. The fraction of sp³-hybridized carbons (Fsp3) is 0.450. The van der Waals surface area contributed by atoms with Crippen molar-refractivity contribution < 1.29 is 20.1 Å². The van der Waals surface area contributed by atoms with E-state index in [4.69, 9.17) is 0 Å². The maximum Gasteiger partial charge on any atom is 0.314 e. The summed E-state index contributed by atoms with van der Waals surface area (Å²) in [5.41, 5.74) is 1.99. The van der Waals surface area contributed by atoms with Crippen molar-refractivity contribution in [3.05, 3.63) is 53.3 Å². The molecule has 0 radical (unpaired) electrons. The molecule has 0 amide bonds. The summed E-state index contributed by atoms with van der Waals surface area (Å²) in [5.74, 6) is -1.02. The Kier molecular flexibility index (Phi) is 4.39. The van der Waals surface area contributed by atoms with Gasteiger partial charge in [0.2, 0.25) is 0 Å². The maximum atomic E-state index is 11.5. The largest absolute Gasteiger partial charge is 0.511 e. The van der Waals surface area contributed by atoms with Gasteiger partial charge in [0.25, 0.3) is 0 Å². The van der Waals surface area contributed by atoms with Crippen molar-refractivity contribution in [2.45, 2.75) is 44.4 Å². The molecule has 0 spiro atoms. The zero-order chi connectivity index (χ0) is 17.3. The van der Waals surface area contributed by atoms with E-state index in [9.17, 15) is 20.1 Å². The summed E-state index contributed by atoms with van der Waals surface area (Å²) in [6, 6.07) is 7.28. The third-order valence-electron chi connectivity index (χ3n) is 5.70. The average Bonchev–Trinajstić information content (AvgIpc) is 2.57. The van der Waals surface area contributed by atoms with Gasteiger partial charge in [0, 0.05) is 5.41 Å². The number of hydrogen-bond acceptors (Lipinski definition) is 3. The van der Waals surface area contributed by atoms with Gasteiger partial charge in [0.05, 0.1) is 0 Å². The van der Waals surface area contributed by atoms with Crippen LogP contribution >= 0.6 is 0 Å². The molecule has 1 saturated carbocycles. The second kappa shape index (κ2) is 6.34. The smallest absolute Gasteiger partial charge is 0.314 e. The fourth-order valence-corrected chi connectivity index (χ4v) is 4.09. The summed E-state index contributed by atoms with van der Waals surface area (Å²) in [7, 11) is 0. The maximum absolute atomic E-state index is 11.5. The number of aliphatic carboxylic acids is 1. The zero-order valence-corrected chi connectivity index (χ0v) is 13.9. The molecule has 1 aromatic carbocycles. The van der Waals surface area contributed by atoms with Crippen LogP contribution in [-0.2, 0) is 10.2 Å². The highest BCUT2D eigenvalue weighted by atomic mass is 16.4. The quantitative estimate of drug-likeness (QED) is 0.772. The number of carbonyl (C=O) groups is 1. The van der Waals surface area contributed by atoms with Gasteiger partial charge in [-0.15, -0.1) is 0 Å². The van der Waals surface area contributed by atoms with E-state index >= 15 is 0 Å². The van der Waals surface area contributed by atoms with E-state index in [0.717, 1.165) is 36.8 Å². The molecule has 4 heteroatoms. The van der Waals surface area contributed by atoms with Crippen molar-refractivity contribution in [1.29, 1.82) is 0 Å². The third-order valence-corrected chi connectivity index (χ3v) is 5.70. The van der Waals surface area contributed by atoms with Crippen LogP contribution in [0.25, 0.3) is 0 Å². The van der Waals surface area contributed by atoms with E-state index in [0.29, 0.717) is 12.3 Å². The molecule has 2 aliphatic rings. The van der Waals surface area contributed by atoms with Gasteiger partial charge < -0.3 is 15.3 Å². The second-order valence-electron chi connectivity index (χ2n) is 7.19. The molecule has 128 valence electrons. The zero-order valence-electron chi connectivity index (χ0n) is 13.9. The van der Waals surface area contributed by atoms with Gasteiger partial charge in [-0.1, -0.05) is 30.7 Å². The normalized spacial score (nSPS) is 30.4. The number of phenolic OH excluding ortho intramolecular Hbond substituents is 1. The minimum Gasteiger partial charge on any atom is -0.511 e. The molecule has 0 saturated heterocycles. The predicted octanol–water partition coefficient (Wildman–Crippen LogP) is 4.31.